The quantitative estimate of drug-likeness (QED) is 0.844. The van der Waals surface area contributed by atoms with Crippen molar-refractivity contribution in [3.63, 3.8) is 0 Å². The fraction of sp³-hybridized carbons (Fsp3) is 0.350. The van der Waals surface area contributed by atoms with E-state index in [0.29, 0.717) is 36.5 Å². The van der Waals surface area contributed by atoms with Gasteiger partial charge >= 0.3 is 5.97 Å². The van der Waals surface area contributed by atoms with Crippen LogP contribution in [0.5, 0.6) is 11.5 Å². The molecule has 0 saturated carbocycles. The highest BCUT2D eigenvalue weighted by Gasteiger charge is 2.30. The van der Waals surface area contributed by atoms with Crippen LogP contribution in [0.1, 0.15) is 53.5 Å². The van der Waals surface area contributed by atoms with Crippen molar-refractivity contribution in [3.05, 3.63) is 58.7 Å². The van der Waals surface area contributed by atoms with Crippen LogP contribution in [0.25, 0.3) is 0 Å². The van der Waals surface area contributed by atoms with E-state index in [-0.39, 0.29) is 24.0 Å². The van der Waals surface area contributed by atoms with Gasteiger partial charge in [-0.05, 0) is 30.0 Å². The molecule has 0 radical (unpaired) electrons. The maximum Gasteiger partial charge on any atom is 0.304 e. The highest BCUT2D eigenvalue weighted by Crippen LogP contribution is 2.42. The summed E-state index contributed by atoms with van der Waals surface area (Å²) < 4.78 is 37.9. The van der Waals surface area contributed by atoms with E-state index >= 15 is 0 Å². The van der Waals surface area contributed by atoms with Gasteiger partial charge in [-0.2, -0.15) is 0 Å². The summed E-state index contributed by atoms with van der Waals surface area (Å²) >= 11 is 0. The summed E-state index contributed by atoms with van der Waals surface area (Å²) in [7, 11) is 0. The third-order valence-electron chi connectivity index (χ3n) is 5.05. The molecular weight excluding hydrogens is 342 g/mol. The minimum absolute atomic E-state index is 0.0274. The predicted molar refractivity (Wildman–Crippen MR) is 90.0 cm³/mol. The van der Waals surface area contributed by atoms with E-state index in [1.165, 1.54) is 6.07 Å². The number of carbonyl (C=O) groups is 1. The first-order valence-corrected chi connectivity index (χ1v) is 8.58. The number of benzene rings is 2. The SMILES string of the molecule is O=C(O)CC1COc2cc(OC3CCc4c(C(F)F)cccc43)ccc21. The summed E-state index contributed by atoms with van der Waals surface area (Å²) in [5.41, 5.74) is 2.45. The summed E-state index contributed by atoms with van der Waals surface area (Å²) in [6, 6.07) is 10.3. The Morgan fingerprint density at radius 3 is 2.88 bits per heavy atom. The Morgan fingerprint density at radius 2 is 2.12 bits per heavy atom. The van der Waals surface area contributed by atoms with E-state index in [1.54, 1.807) is 18.2 Å². The molecule has 6 heteroatoms. The Hall–Kier alpha value is -2.63. The molecule has 2 unspecified atom stereocenters. The molecule has 2 atom stereocenters. The second kappa shape index (κ2) is 6.59. The molecule has 0 saturated heterocycles. The van der Waals surface area contributed by atoms with Gasteiger partial charge in [0.2, 0.25) is 0 Å². The van der Waals surface area contributed by atoms with Gasteiger partial charge in [-0.3, -0.25) is 4.79 Å². The van der Waals surface area contributed by atoms with Crippen LogP contribution < -0.4 is 9.47 Å². The molecule has 136 valence electrons. The van der Waals surface area contributed by atoms with Crippen molar-refractivity contribution >= 4 is 5.97 Å². The molecule has 2 aromatic carbocycles. The number of aliphatic carboxylic acids is 1. The number of halogens is 2. The van der Waals surface area contributed by atoms with Gasteiger partial charge in [0.05, 0.1) is 13.0 Å². The van der Waals surface area contributed by atoms with Gasteiger partial charge < -0.3 is 14.6 Å². The van der Waals surface area contributed by atoms with Crippen LogP contribution in [-0.4, -0.2) is 17.7 Å². The number of carboxylic acid groups (broad SMARTS) is 1. The first-order chi connectivity index (χ1) is 12.5. The molecule has 4 nitrogen and oxygen atoms in total. The minimum Gasteiger partial charge on any atom is -0.492 e. The third-order valence-corrected chi connectivity index (χ3v) is 5.05. The monoisotopic (exact) mass is 360 g/mol. The van der Waals surface area contributed by atoms with E-state index in [1.807, 2.05) is 12.1 Å². The number of hydrogen-bond donors (Lipinski definition) is 1. The van der Waals surface area contributed by atoms with Crippen LogP contribution in [0.2, 0.25) is 0 Å². The second-order valence-corrected chi connectivity index (χ2v) is 6.67. The van der Waals surface area contributed by atoms with Crippen LogP contribution in [0.15, 0.2) is 36.4 Å². The van der Waals surface area contributed by atoms with Gasteiger partial charge in [-0.1, -0.05) is 24.3 Å². The van der Waals surface area contributed by atoms with E-state index in [0.717, 1.165) is 11.1 Å². The first kappa shape index (κ1) is 16.8. The van der Waals surface area contributed by atoms with Crippen LogP contribution in [-0.2, 0) is 11.2 Å². The van der Waals surface area contributed by atoms with E-state index < -0.39 is 12.4 Å². The predicted octanol–water partition coefficient (Wildman–Crippen LogP) is 4.64. The summed E-state index contributed by atoms with van der Waals surface area (Å²) in [6.07, 6.45) is -1.50. The van der Waals surface area contributed by atoms with Crippen molar-refractivity contribution in [3.8, 4) is 11.5 Å². The topological polar surface area (TPSA) is 55.8 Å². The average Bonchev–Trinajstić information content (AvgIpc) is 3.19. The molecule has 2 aromatic rings. The maximum absolute atomic E-state index is 13.2. The molecule has 0 amide bonds. The number of hydrogen-bond acceptors (Lipinski definition) is 3. The highest BCUT2D eigenvalue weighted by atomic mass is 19.3. The zero-order valence-corrected chi connectivity index (χ0v) is 14.0. The Kier molecular flexibility index (Phi) is 4.26. The molecule has 4 rings (SSSR count). The summed E-state index contributed by atoms with van der Waals surface area (Å²) in [4.78, 5) is 10.9. The Balaban J connectivity index is 1.54. The molecule has 1 aliphatic heterocycles. The van der Waals surface area contributed by atoms with Crippen LogP contribution in [0.4, 0.5) is 8.78 Å². The highest BCUT2D eigenvalue weighted by molar-refractivity contribution is 5.68. The standard InChI is InChI=1S/C20H18F2O4/c21-20(22)16-3-1-2-15-14(16)6-7-17(15)26-12-4-5-13-11(8-19(23)24)10-25-18(13)9-12/h1-5,9,11,17,20H,6-8,10H2,(H,23,24). The molecule has 1 N–H and O–H groups in total. The van der Waals surface area contributed by atoms with Crippen molar-refractivity contribution in [2.45, 2.75) is 37.7 Å². The molecule has 26 heavy (non-hydrogen) atoms. The van der Waals surface area contributed by atoms with Crippen molar-refractivity contribution < 1.29 is 28.2 Å². The molecule has 0 fully saturated rings. The molecule has 1 heterocycles. The smallest absolute Gasteiger partial charge is 0.304 e. The van der Waals surface area contributed by atoms with Gasteiger partial charge in [0.1, 0.15) is 17.6 Å². The third kappa shape index (κ3) is 3.00. The van der Waals surface area contributed by atoms with Gasteiger partial charge in [0.15, 0.2) is 0 Å². The van der Waals surface area contributed by atoms with Crippen LogP contribution >= 0.6 is 0 Å². The summed E-state index contributed by atoms with van der Waals surface area (Å²) in [5, 5.41) is 8.96. The Morgan fingerprint density at radius 1 is 1.27 bits per heavy atom. The largest absolute Gasteiger partial charge is 0.492 e. The van der Waals surface area contributed by atoms with E-state index in [4.69, 9.17) is 14.6 Å². The molecule has 2 aliphatic rings. The number of fused-ring (bicyclic) bond motifs is 2. The molecule has 0 spiro atoms. The van der Waals surface area contributed by atoms with Crippen LogP contribution in [0, 0.1) is 0 Å². The van der Waals surface area contributed by atoms with Gasteiger partial charge in [-0.25, -0.2) is 8.78 Å². The lowest BCUT2D eigenvalue weighted by molar-refractivity contribution is -0.137. The van der Waals surface area contributed by atoms with Crippen molar-refractivity contribution in [1.29, 1.82) is 0 Å². The lowest BCUT2D eigenvalue weighted by Gasteiger charge is -2.16. The zero-order valence-electron chi connectivity index (χ0n) is 14.0. The fourth-order valence-electron chi connectivity index (χ4n) is 3.85. The second-order valence-electron chi connectivity index (χ2n) is 6.67. The van der Waals surface area contributed by atoms with Crippen molar-refractivity contribution in [2.24, 2.45) is 0 Å². The summed E-state index contributed by atoms with van der Waals surface area (Å²) in [6.45, 7) is 0.342. The molecular formula is C20H18F2O4. The molecule has 1 aliphatic carbocycles. The Bertz CT molecular complexity index is 850. The normalized spacial score (nSPS) is 20.6. The maximum atomic E-state index is 13.2. The van der Waals surface area contributed by atoms with Crippen molar-refractivity contribution in [1.82, 2.24) is 0 Å². The van der Waals surface area contributed by atoms with E-state index in [9.17, 15) is 13.6 Å². The number of alkyl halides is 2. The fourth-order valence-corrected chi connectivity index (χ4v) is 3.85. The number of ether oxygens (including phenoxy) is 2. The Labute approximate surface area is 149 Å². The molecule has 0 aromatic heterocycles. The van der Waals surface area contributed by atoms with E-state index in [2.05, 4.69) is 0 Å². The zero-order chi connectivity index (χ0) is 18.3. The minimum atomic E-state index is -2.48. The van der Waals surface area contributed by atoms with Gasteiger partial charge in [-0.15, -0.1) is 0 Å². The van der Waals surface area contributed by atoms with Gasteiger partial charge in [0, 0.05) is 23.1 Å². The average molecular weight is 360 g/mol. The lowest BCUT2D eigenvalue weighted by atomic mass is 9.98. The van der Waals surface area contributed by atoms with Crippen molar-refractivity contribution in [2.75, 3.05) is 6.61 Å². The number of rotatable bonds is 5. The lowest BCUT2D eigenvalue weighted by Crippen LogP contribution is -2.07. The van der Waals surface area contributed by atoms with Crippen LogP contribution in [0.3, 0.4) is 0 Å². The van der Waals surface area contributed by atoms with Gasteiger partial charge in [0.25, 0.3) is 6.43 Å². The number of carboxylic acids is 1. The first-order valence-electron chi connectivity index (χ1n) is 8.58. The molecule has 0 bridgehead atoms. The summed E-state index contributed by atoms with van der Waals surface area (Å²) in [5.74, 6) is 0.217.